The lowest BCUT2D eigenvalue weighted by Crippen LogP contribution is -2.60. The predicted molar refractivity (Wildman–Crippen MR) is 92.8 cm³/mol. The van der Waals surface area contributed by atoms with Crippen LogP contribution in [0, 0.1) is 5.92 Å². The molecule has 2 aliphatic rings. The Hall–Kier alpha value is -2.82. The van der Waals surface area contributed by atoms with Gasteiger partial charge in [0.15, 0.2) is 0 Å². The van der Waals surface area contributed by atoms with Gasteiger partial charge in [-0.2, -0.15) is 0 Å². The van der Waals surface area contributed by atoms with E-state index in [1.807, 2.05) is 42.5 Å². The van der Waals surface area contributed by atoms with Gasteiger partial charge in [-0.3, -0.25) is 9.59 Å². The van der Waals surface area contributed by atoms with Crippen LogP contribution in [-0.2, 0) is 10.5 Å². The average Bonchev–Trinajstić information content (AvgIpc) is 2.78. The van der Waals surface area contributed by atoms with Crippen LogP contribution in [0.4, 0.5) is 11.4 Å². The van der Waals surface area contributed by atoms with Crippen molar-refractivity contribution in [3.05, 3.63) is 59.7 Å². The van der Waals surface area contributed by atoms with Gasteiger partial charge in [0.05, 0.1) is 11.3 Å². The fourth-order valence-corrected chi connectivity index (χ4v) is 3.50. The maximum atomic E-state index is 13.3. The first kappa shape index (κ1) is 14.8. The predicted octanol–water partition coefficient (Wildman–Crippen LogP) is 2.70. The van der Waals surface area contributed by atoms with Crippen molar-refractivity contribution in [1.29, 1.82) is 0 Å². The van der Waals surface area contributed by atoms with Gasteiger partial charge in [-0.15, -0.1) is 0 Å². The minimum atomic E-state index is -1.23. The number of anilines is 2. The molecule has 0 radical (unpaired) electrons. The summed E-state index contributed by atoms with van der Waals surface area (Å²) < 4.78 is 0. The molecule has 2 aliphatic heterocycles. The van der Waals surface area contributed by atoms with E-state index in [0.29, 0.717) is 23.7 Å². The zero-order valence-corrected chi connectivity index (χ0v) is 13.7. The third-order valence-electron chi connectivity index (χ3n) is 4.51. The molecule has 2 amide bonds. The fraction of sp³-hybridized carbons (Fsp3) is 0.263. The third kappa shape index (κ3) is 1.94. The van der Waals surface area contributed by atoms with Gasteiger partial charge in [0.2, 0.25) is 5.66 Å². The highest BCUT2D eigenvalue weighted by Gasteiger charge is 2.54. The molecule has 0 aliphatic carbocycles. The molecule has 2 aromatic rings. The summed E-state index contributed by atoms with van der Waals surface area (Å²) in [4.78, 5) is 27.7. The highest BCUT2D eigenvalue weighted by Crippen LogP contribution is 2.43. The molecule has 2 heterocycles. The van der Waals surface area contributed by atoms with Gasteiger partial charge in [-0.05, 0) is 24.1 Å². The lowest BCUT2D eigenvalue weighted by Gasteiger charge is -2.36. The largest absolute Gasteiger partial charge is 0.350 e. The molecular weight excluding hydrogens is 302 g/mol. The summed E-state index contributed by atoms with van der Waals surface area (Å²) in [6.07, 6.45) is 0. The van der Waals surface area contributed by atoms with Gasteiger partial charge in [0, 0.05) is 17.8 Å². The summed E-state index contributed by atoms with van der Waals surface area (Å²) in [5.74, 6) is -0.0529. The number of nitrogens with zero attached hydrogens (tertiary/aromatic N) is 1. The Morgan fingerprint density at radius 2 is 1.71 bits per heavy atom. The topological polar surface area (TPSA) is 61.4 Å². The van der Waals surface area contributed by atoms with E-state index in [-0.39, 0.29) is 11.8 Å². The van der Waals surface area contributed by atoms with E-state index in [1.165, 1.54) is 0 Å². The number of amides is 2. The van der Waals surface area contributed by atoms with Crippen molar-refractivity contribution in [3.8, 4) is 0 Å². The molecule has 5 nitrogen and oxygen atoms in total. The molecule has 0 aromatic heterocycles. The molecule has 0 unspecified atom stereocenters. The Bertz CT molecular complexity index is 846. The second-order valence-corrected chi connectivity index (χ2v) is 6.70. The van der Waals surface area contributed by atoms with Gasteiger partial charge in [-0.1, -0.05) is 44.2 Å². The van der Waals surface area contributed by atoms with E-state index in [1.54, 1.807) is 11.0 Å². The summed E-state index contributed by atoms with van der Waals surface area (Å²) in [6.45, 7) is 4.75. The molecular formula is C19H19N3O2. The van der Waals surface area contributed by atoms with Gasteiger partial charge in [-0.25, -0.2) is 0 Å². The molecule has 2 N–H and O–H groups in total. The Labute approximate surface area is 140 Å². The first-order chi connectivity index (χ1) is 11.5. The number of rotatable bonds is 2. The van der Waals surface area contributed by atoms with Crippen LogP contribution < -0.4 is 15.5 Å². The minimum Gasteiger partial charge on any atom is -0.350 e. The zero-order chi connectivity index (χ0) is 16.9. The van der Waals surface area contributed by atoms with Crippen molar-refractivity contribution in [2.75, 3.05) is 16.8 Å². The number of fused-ring (bicyclic) bond motifs is 3. The van der Waals surface area contributed by atoms with Crippen LogP contribution in [-0.4, -0.2) is 18.4 Å². The molecule has 0 saturated heterocycles. The molecule has 1 atom stereocenters. The van der Waals surface area contributed by atoms with Gasteiger partial charge < -0.3 is 15.5 Å². The Morgan fingerprint density at radius 3 is 2.50 bits per heavy atom. The Kier molecular flexibility index (Phi) is 3.13. The number of hydrogen-bond donors (Lipinski definition) is 2. The second kappa shape index (κ2) is 5.09. The quantitative estimate of drug-likeness (QED) is 0.894. The molecule has 0 fully saturated rings. The maximum Gasteiger partial charge on any atom is 0.278 e. The smallest absolute Gasteiger partial charge is 0.278 e. The average molecular weight is 321 g/mol. The molecule has 2 aromatic carbocycles. The fourth-order valence-electron chi connectivity index (χ4n) is 3.50. The summed E-state index contributed by atoms with van der Waals surface area (Å²) in [6, 6.07) is 14.9. The van der Waals surface area contributed by atoms with Crippen molar-refractivity contribution >= 4 is 23.2 Å². The molecule has 5 heteroatoms. The van der Waals surface area contributed by atoms with E-state index in [4.69, 9.17) is 0 Å². The molecule has 0 saturated carbocycles. The third-order valence-corrected chi connectivity index (χ3v) is 4.51. The van der Waals surface area contributed by atoms with Crippen LogP contribution in [0.15, 0.2) is 48.5 Å². The van der Waals surface area contributed by atoms with E-state index in [0.717, 1.165) is 11.3 Å². The van der Waals surface area contributed by atoms with Crippen molar-refractivity contribution < 1.29 is 9.59 Å². The van der Waals surface area contributed by atoms with E-state index < -0.39 is 5.66 Å². The summed E-state index contributed by atoms with van der Waals surface area (Å²) in [5, 5.41) is 6.20. The number of hydrogen-bond acceptors (Lipinski definition) is 3. The van der Waals surface area contributed by atoms with E-state index in [9.17, 15) is 9.59 Å². The Balaban J connectivity index is 1.87. The number of carbonyl (C=O) groups is 2. The van der Waals surface area contributed by atoms with Crippen LogP contribution in [0.2, 0.25) is 0 Å². The summed E-state index contributed by atoms with van der Waals surface area (Å²) in [7, 11) is 0. The number of carbonyl (C=O) groups excluding carboxylic acids is 2. The monoisotopic (exact) mass is 321 g/mol. The van der Waals surface area contributed by atoms with Crippen molar-refractivity contribution in [1.82, 2.24) is 5.32 Å². The molecule has 122 valence electrons. The highest BCUT2D eigenvalue weighted by molar-refractivity contribution is 6.15. The molecule has 24 heavy (non-hydrogen) atoms. The van der Waals surface area contributed by atoms with Crippen LogP contribution >= 0.6 is 0 Å². The highest BCUT2D eigenvalue weighted by atomic mass is 16.2. The molecule has 1 spiro atoms. The lowest BCUT2D eigenvalue weighted by atomic mass is 9.96. The SMILES string of the molecule is CC(C)CN1C(=O)[C@@]2(NC(=O)c3ccccc3N2)c2ccccc21. The first-order valence-electron chi connectivity index (χ1n) is 8.14. The van der Waals surface area contributed by atoms with E-state index >= 15 is 0 Å². The number of para-hydroxylation sites is 2. The Morgan fingerprint density at radius 1 is 1.00 bits per heavy atom. The maximum absolute atomic E-state index is 13.3. The number of benzene rings is 2. The van der Waals surface area contributed by atoms with Crippen LogP contribution in [0.1, 0.15) is 29.8 Å². The van der Waals surface area contributed by atoms with Crippen LogP contribution in [0.3, 0.4) is 0 Å². The normalized spacial score (nSPS) is 21.5. The summed E-state index contributed by atoms with van der Waals surface area (Å²) in [5.41, 5.74) is 1.64. The van der Waals surface area contributed by atoms with Crippen LogP contribution in [0.5, 0.6) is 0 Å². The van der Waals surface area contributed by atoms with Gasteiger partial charge >= 0.3 is 0 Å². The number of nitrogens with one attached hydrogen (secondary N) is 2. The van der Waals surface area contributed by atoms with Crippen molar-refractivity contribution in [2.45, 2.75) is 19.5 Å². The zero-order valence-electron chi connectivity index (χ0n) is 13.7. The van der Waals surface area contributed by atoms with E-state index in [2.05, 4.69) is 24.5 Å². The minimum absolute atomic E-state index is 0.139. The lowest BCUT2D eigenvalue weighted by molar-refractivity contribution is -0.123. The molecule has 4 rings (SSSR count). The van der Waals surface area contributed by atoms with Crippen molar-refractivity contribution in [3.63, 3.8) is 0 Å². The van der Waals surface area contributed by atoms with Crippen LogP contribution in [0.25, 0.3) is 0 Å². The van der Waals surface area contributed by atoms with Crippen molar-refractivity contribution in [2.24, 2.45) is 5.92 Å². The second-order valence-electron chi connectivity index (χ2n) is 6.70. The standard InChI is InChI=1S/C19H19N3O2/c1-12(2)11-22-16-10-6-4-8-14(16)19(18(22)24)20-15-9-5-3-7-13(15)17(23)21-19/h3-10,12,20H,11H2,1-2H3,(H,21,23)/t19-/m0/s1. The summed E-state index contributed by atoms with van der Waals surface area (Å²) >= 11 is 0. The van der Waals surface area contributed by atoms with Gasteiger partial charge in [0.1, 0.15) is 0 Å². The molecule has 0 bridgehead atoms. The first-order valence-corrected chi connectivity index (χ1v) is 8.14. The van der Waals surface area contributed by atoms with Gasteiger partial charge in [0.25, 0.3) is 11.8 Å².